The predicted octanol–water partition coefficient (Wildman–Crippen LogP) is 3.47. The standard InChI is InChI=1S/C20H20BrNO6/c1-22-18(10-5-6-14(26-2)13(21)7-10)17(20(24)25)11-8-15(27-3)16(28-4)9-12(11)19(22)23/h5-9,17-18H,1-4H3,(H,24,25)/t17-,18-/m1/s1. The van der Waals surface area contributed by atoms with Crippen LogP contribution in [0.4, 0.5) is 0 Å². The molecule has 0 aromatic heterocycles. The number of carboxylic acid groups (broad SMARTS) is 1. The zero-order valence-electron chi connectivity index (χ0n) is 15.9. The molecule has 1 aliphatic heterocycles. The number of methoxy groups -OCH3 is 3. The molecule has 0 spiro atoms. The van der Waals surface area contributed by atoms with E-state index >= 15 is 0 Å². The summed E-state index contributed by atoms with van der Waals surface area (Å²) in [6.45, 7) is 0. The van der Waals surface area contributed by atoms with E-state index in [9.17, 15) is 14.7 Å². The highest BCUT2D eigenvalue weighted by Gasteiger charge is 2.43. The van der Waals surface area contributed by atoms with Crippen molar-refractivity contribution in [3.8, 4) is 17.2 Å². The van der Waals surface area contributed by atoms with Crippen LogP contribution in [0.25, 0.3) is 0 Å². The number of ether oxygens (including phenoxy) is 3. The third kappa shape index (κ3) is 3.17. The molecule has 0 unspecified atom stereocenters. The van der Waals surface area contributed by atoms with Crippen LogP contribution in [-0.4, -0.2) is 50.3 Å². The zero-order chi connectivity index (χ0) is 20.6. The first-order valence-electron chi connectivity index (χ1n) is 8.43. The van der Waals surface area contributed by atoms with E-state index in [2.05, 4.69) is 15.9 Å². The van der Waals surface area contributed by atoms with Gasteiger partial charge >= 0.3 is 5.97 Å². The largest absolute Gasteiger partial charge is 0.496 e. The van der Waals surface area contributed by atoms with E-state index in [1.54, 1.807) is 38.4 Å². The lowest BCUT2D eigenvalue weighted by atomic mass is 9.80. The van der Waals surface area contributed by atoms with Crippen LogP contribution in [-0.2, 0) is 4.79 Å². The van der Waals surface area contributed by atoms with Crippen LogP contribution in [0.2, 0.25) is 0 Å². The summed E-state index contributed by atoms with van der Waals surface area (Å²) in [5.74, 6) is -0.933. The van der Waals surface area contributed by atoms with Crippen LogP contribution < -0.4 is 14.2 Å². The molecular weight excluding hydrogens is 430 g/mol. The number of halogens is 1. The Balaban J connectivity index is 2.22. The molecule has 3 rings (SSSR count). The number of benzene rings is 2. The zero-order valence-corrected chi connectivity index (χ0v) is 17.4. The summed E-state index contributed by atoms with van der Waals surface area (Å²) in [4.78, 5) is 26.8. The molecule has 0 saturated carbocycles. The molecule has 2 atom stereocenters. The van der Waals surface area contributed by atoms with Gasteiger partial charge < -0.3 is 24.2 Å². The molecule has 0 fully saturated rings. The molecule has 0 bridgehead atoms. The minimum Gasteiger partial charge on any atom is -0.496 e. The van der Waals surface area contributed by atoms with E-state index in [0.717, 1.165) is 0 Å². The molecule has 8 heteroatoms. The second kappa shape index (κ2) is 7.71. The third-order valence-electron chi connectivity index (χ3n) is 4.96. The van der Waals surface area contributed by atoms with Crippen molar-refractivity contribution >= 4 is 27.8 Å². The number of carboxylic acids is 1. The van der Waals surface area contributed by atoms with Gasteiger partial charge in [0.05, 0.1) is 31.8 Å². The predicted molar refractivity (Wildman–Crippen MR) is 105 cm³/mol. The average molecular weight is 450 g/mol. The Morgan fingerprint density at radius 3 is 2.18 bits per heavy atom. The maximum Gasteiger partial charge on any atom is 0.313 e. The number of amides is 1. The van der Waals surface area contributed by atoms with Crippen molar-refractivity contribution < 1.29 is 28.9 Å². The maximum atomic E-state index is 13.0. The topological polar surface area (TPSA) is 85.3 Å². The van der Waals surface area contributed by atoms with E-state index in [0.29, 0.717) is 32.8 Å². The molecule has 1 heterocycles. The van der Waals surface area contributed by atoms with Gasteiger partial charge in [0.15, 0.2) is 11.5 Å². The van der Waals surface area contributed by atoms with Gasteiger partial charge in [-0.05, 0) is 51.3 Å². The smallest absolute Gasteiger partial charge is 0.313 e. The lowest BCUT2D eigenvalue weighted by Gasteiger charge is -2.39. The molecule has 148 valence electrons. The van der Waals surface area contributed by atoms with Crippen molar-refractivity contribution in [3.63, 3.8) is 0 Å². The fraction of sp³-hybridized carbons (Fsp3) is 0.300. The molecule has 2 aromatic carbocycles. The Kier molecular flexibility index (Phi) is 5.51. The number of likely N-dealkylation sites (N-methyl/N-ethyl adjacent to an activating group) is 1. The fourth-order valence-electron chi connectivity index (χ4n) is 3.60. The second-order valence-corrected chi connectivity index (χ2v) is 7.22. The highest BCUT2D eigenvalue weighted by Crippen LogP contribution is 2.46. The van der Waals surface area contributed by atoms with Crippen LogP contribution in [0.1, 0.15) is 33.4 Å². The number of aliphatic carboxylic acids is 1. The van der Waals surface area contributed by atoms with Crippen molar-refractivity contribution in [2.24, 2.45) is 0 Å². The van der Waals surface area contributed by atoms with Crippen molar-refractivity contribution in [2.45, 2.75) is 12.0 Å². The summed E-state index contributed by atoms with van der Waals surface area (Å²) in [6, 6.07) is 7.68. The molecule has 0 radical (unpaired) electrons. The number of rotatable bonds is 5. The quantitative estimate of drug-likeness (QED) is 0.751. The molecule has 0 aliphatic carbocycles. The summed E-state index contributed by atoms with van der Waals surface area (Å²) >= 11 is 3.43. The third-order valence-corrected chi connectivity index (χ3v) is 5.58. The number of hydrogen-bond donors (Lipinski definition) is 1. The van der Waals surface area contributed by atoms with Crippen LogP contribution in [0.15, 0.2) is 34.8 Å². The number of hydrogen-bond acceptors (Lipinski definition) is 5. The average Bonchev–Trinajstić information content (AvgIpc) is 2.69. The molecule has 1 N–H and O–H groups in total. The Morgan fingerprint density at radius 1 is 1.04 bits per heavy atom. The van der Waals surface area contributed by atoms with Crippen molar-refractivity contribution in [3.05, 3.63) is 51.5 Å². The minimum absolute atomic E-state index is 0.287. The summed E-state index contributed by atoms with van der Waals surface area (Å²) in [5, 5.41) is 10.0. The summed E-state index contributed by atoms with van der Waals surface area (Å²) < 4.78 is 16.5. The van der Waals surface area contributed by atoms with Gasteiger partial charge in [0.2, 0.25) is 0 Å². The SMILES string of the molecule is COc1ccc([C@@H]2[C@H](C(=O)O)c3cc(OC)c(OC)cc3C(=O)N2C)cc1Br. The Morgan fingerprint density at radius 2 is 1.64 bits per heavy atom. The molecule has 1 amide bonds. The number of carbonyl (C=O) groups excluding carboxylic acids is 1. The summed E-state index contributed by atoms with van der Waals surface area (Å²) in [5.41, 5.74) is 1.36. The van der Waals surface area contributed by atoms with Crippen molar-refractivity contribution in [1.29, 1.82) is 0 Å². The van der Waals surface area contributed by atoms with Gasteiger partial charge in [-0.3, -0.25) is 9.59 Å². The minimum atomic E-state index is -1.04. The maximum absolute atomic E-state index is 13.0. The van der Waals surface area contributed by atoms with E-state index in [1.807, 2.05) is 0 Å². The Bertz CT molecular complexity index is 945. The number of nitrogens with zero attached hydrogens (tertiary/aromatic N) is 1. The van der Waals surface area contributed by atoms with Gasteiger partial charge in [0.1, 0.15) is 11.7 Å². The summed E-state index contributed by atoms with van der Waals surface area (Å²) in [6.07, 6.45) is 0. The Hall–Kier alpha value is -2.74. The van der Waals surface area contributed by atoms with E-state index in [-0.39, 0.29) is 11.5 Å². The monoisotopic (exact) mass is 449 g/mol. The molecule has 1 aliphatic rings. The van der Waals surface area contributed by atoms with E-state index in [1.165, 1.54) is 25.2 Å². The lowest BCUT2D eigenvalue weighted by Crippen LogP contribution is -2.42. The second-order valence-electron chi connectivity index (χ2n) is 6.37. The van der Waals surface area contributed by atoms with Gasteiger partial charge in [0.25, 0.3) is 5.91 Å². The van der Waals surface area contributed by atoms with Crippen LogP contribution in [0.3, 0.4) is 0 Å². The molecular formula is C20H20BrNO6. The lowest BCUT2D eigenvalue weighted by molar-refractivity contribution is -0.140. The van der Waals surface area contributed by atoms with Crippen molar-refractivity contribution in [1.82, 2.24) is 4.90 Å². The van der Waals surface area contributed by atoms with Gasteiger partial charge in [-0.25, -0.2) is 0 Å². The van der Waals surface area contributed by atoms with Crippen LogP contribution in [0.5, 0.6) is 17.2 Å². The Labute approximate surface area is 170 Å². The molecule has 7 nitrogen and oxygen atoms in total. The molecule has 0 saturated heterocycles. The number of carbonyl (C=O) groups is 2. The normalized spacial score (nSPS) is 18.5. The summed E-state index contributed by atoms with van der Waals surface area (Å²) in [7, 11) is 6.08. The molecule has 28 heavy (non-hydrogen) atoms. The van der Waals surface area contributed by atoms with E-state index < -0.39 is 17.9 Å². The highest BCUT2D eigenvalue weighted by molar-refractivity contribution is 9.10. The van der Waals surface area contributed by atoms with Gasteiger partial charge in [-0.2, -0.15) is 0 Å². The first-order chi connectivity index (χ1) is 13.3. The first-order valence-corrected chi connectivity index (χ1v) is 9.22. The molecule has 2 aromatic rings. The fourth-order valence-corrected chi connectivity index (χ4v) is 4.16. The highest BCUT2D eigenvalue weighted by atomic mass is 79.9. The van der Waals surface area contributed by atoms with Gasteiger partial charge in [-0.1, -0.05) is 6.07 Å². The van der Waals surface area contributed by atoms with Crippen LogP contribution >= 0.6 is 15.9 Å². The van der Waals surface area contributed by atoms with Crippen molar-refractivity contribution in [2.75, 3.05) is 28.4 Å². The van der Waals surface area contributed by atoms with Gasteiger partial charge in [0, 0.05) is 12.6 Å². The first kappa shape index (κ1) is 20.0. The van der Waals surface area contributed by atoms with Crippen LogP contribution in [0, 0.1) is 0 Å². The number of fused-ring (bicyclic) bond motifs is 1. The van der Waals surface area contributed by atoms with Gasteiger partial charge in [-0.15, -0.1) is 0 Å². The van der Waals surface area contributed by atoms with E-state index in [4.69, 9.17) is 14.2 Å².